The van der Waals surface area contributed by atoms with Crippen LogP contribution in [0.5, 0.6) is 0 Å². The van der Waals surface area contributed by atoms with E-state index in [1.807, 2.05) is 0 Å². The van der Waals surface area contributed by atoms with E-state index in [0.717, 1.165) is 24.2 Å². The smallest absolute Gasteiger partial charge is 0.188 e. The summed E-state index contributed by atoms with van der Waals surface area (Å²) >= 11 is 0. The van der Waals surface area contributed by atoms with Gasteiger partial charge in [0.05, 0.1) is 6.54 Å². The molecule has 1 aliphatic rings. The van der Waals surface area contributed by atoms with Crippen LogP contribution < -0.4 is 5.32 Å². The third kappa shape index (κ3) is 2.53. The topological polar surface area (TPSA) is 66.5 Å². The largest absolute Gasteiger partial charge is 0.307 e. The van der Waals surface area contributed by atoms with Crippen molar-refractivity contribution in [1.82, 2.24) is 25.9 Å². The van der Waals surface area contributed by atoms with Crippen molar-refractivity contribution in [2.45, 2.75) is 45.7 Å². The summed E-state index contributed by atoms with van der Waals surface area (Å²) in [7, 11) is 0. The summed E-state index contributed by atoms with van der Waals surface area (Å²) in [5.41, 5.74) is 0. The predicted molar refractivity (Wildman–Crippen MR) is 57.0 cm³/mol. The molecule has 0 spiro atoms. The van der Waals surface area contributed by atoms with Crippen LogP contribution in [0.1, 0.15) is 38.9 Å². The van der Waals surface area contributed by atoms with E-state index in [4.69, 9.17) is 0 Å². The molecule has 3 unspecified atom stereocenters. The molecule has 1 fully saturated rings. The number of hydrogen-bond acceptors (Lipinski definition) is 4. The molecular formula is C10H19N5. The highest BCUT2D eigenvalue weighted by Crippen LogP contribution is 2.29. The third-order valence-electron chi connectivity index (χ3n) is 3.62. The molecule has 5 heteroatoms. The first-order valence-electron chi connectivity index (χ1n) is 5.73. The summed E-state index contributed by atoms with van der Waals surface area (Å²) in [5.74, 6) is 2.31. The molecule has 3 atom stereocenters. The molecule has 1 aromatic rings. The maximum absolute atomic E-state index is 3.93. The minimum absolute atomic E-state index is 0.604. The van der Waals surface area contributed by atoms with Crippen molar-refractivity contribution in [2.75, 3.05) is 0 Å². The summed E-state index contributed by atoms with van der Waals surface area (Å²) in [6.45, 7) is 5.39. The van der Waals surface area contributed by atoms with Gasteiger partial charge in [-0.2, -0.15) is 5.21 Å². The third-order valence-corrected chi connectivity index (χ3v) is 3.62. The number of tetrazole rings is 1. The van der Waals surface area contributed by atoms with Crippen LogP contribution in [0.25, 0.3) is 0 Å². The lowest BCUT2D eigenvalue weighted by Crippen LogP contribution is -2.40. The van der Waals surface area contributed by atoms with E-state index in [1.165, 1.54) is 19.3 Å². The van der Waals surface area contributed by atoms with E-state index < -0.39 is 0 Å². The highest BCUT2D eigenvalue weighted by molar-refractivity contribution is 4.84. The van der Waals surface area contributed by atoms with Crippen LogP contribution in [-0.2, 0) is 6.54 Å². The number of aromatic amines is 1. The Balaban J connectivity index is 1.83. The van der Waals surface area contributed by atoms with E-state index in [0.29, 0.717) is 6.04 Å². The second kappa shape index (κ2) is 4.70. The summed E-state index contributed by atoms with van der Waals surface area (Å²) in [6.07, 6.45) is 3.96. The minimum Gasteiger partial charge on any atom is -0.307 e. The van der Waals surface area contributed by atoms with Gasteiger partial charge in [0.1, 0.15) is 0 Å². The molecule has 0 bridgehead atoms. The zero-order chi connectivity index (χ0) is 10.7. The fourth-order valence-electron chi connectivity index (χ4n) is 2.35. The van der Waals surface area contributed by atoms with Gasteiger partial charge in [0.2, 0.25) is 0 Å². The maximum atomic E-state index is 3.93. The molecule has 15 heavy (non-hydrogen) atoms. The molecule has 0 saturated heterocycles. The first-order chi connectivity index (χ1) is 7.27. The van der Waals surface area contributed by atoms with Gasteiger partial charge < -0.3 is 5.32 Å². The Morgan fingerprint density at radius 1 is 1.40 bits per heavy atom. The molecule has 0 radical (unpaired) electrons. The van der Waals surface area contributed by atoms with Gasteiger partial charge in [0.15, 0.2) is 5.82 Å². The summed E-state index contributed by atoms with van der Waals surface area (Å²) in [6, 6.07) is 0.604. The second-order valence-corrected chi connectivity index (χ2v) is 4.58. The van der Waals surface area contributed by atoms with E-state index in [9.17, 15) is 0 Å². The second-order valence-electron chi connectivity index (χ2n) is 4.58. The first-order valence-corrected chi connectivity index (χ1v) is 5.73. The number of aromatic nitrogens is 4. The van der Waals surface area contributed by atoms with Crippen LogP contribution in [0.4, 0.5) is 0 Å². The highest BCUT2D eigenvalue weighted by atomic mass is 15.5. The van der Waals surface area contributed by atoms with E-state index in [-0.39, 0.29) is 0 Å². The van der Waals surface area contributed by atoms with Crippen molar-refractivity contribution in [3.63, 3.8) is 0 Å². The molecule has 2 N–H and O–H groups in total. The van der Waals surface area contributed by atoms with Crippen molar-refractivity contribution in [2.24, 2.45) is 11.8 Å². The molecule has 0 aliphatic heterocycles. The van der Waals surface area contributed by atoms with Gasteiger partial charge in [-0.15, -0.1) is 10.2 Å². The van der Waals surface area contributed by atoms with Gasteiger partial charge in [0.25, 0.3) is 0 Å². The van der Waals surface area contributed by atoms with Crippen LogP contribution in [0.2, 0.25) is 0 Å². The molecule has 1 aromatic heterocycles. The van der Waals surface area contributed by atoms with Crippen molar-refractivity contribution in [3.05, 3.63) is 5.82 Å². The van der Waals surface area contributed by atoms with Gasteiger partial charge in [-0.05, 0) is 18.3 Å². The van der Waals surface area contributed by atoms with Crippen molar-refractivity contribution >= 4 is 0 Å². The van der Waals surface area contributed by atoms with E-state index in [2.05, 4.69) is 39.8 Å². The quantitative estimate of drug-likeness (QED) is 0.782. The average Bonchev–Trinajstić information content (AvgIpc) is 2.73. The fraction of sp³-hybridized carbons (Fsp3) is 0.900. The van der Waals surface area contributed by atoms with Crippen LogP contribution in [0, 0.1) is 11.8 Å². The van der Waals surface area contributed by atoms with Gasteiger partial charge >= 0.3 is 0 Å². The zero-order valence-corrected chi connectivity index (χ0v) is 9.40. The van der Waals surface area contributed by atoms with E-state index >= 15 is 0 Å². The SMILES string of the molecule is CC1CCCC(NCc2nn[nH]n2)C1C. The van der Waals surface area contributed by atoms with Gasteiger partial charge in [-0.3, -0.25) is 0 Å². The van der Waals surface area contributed by atoms with Gasteiger partial charge in [-0.1, -0.05) is 31.9 Å². The minimum atomic E-state index is 0.604. The van der Waals surface area contributed by atoms with Gasteiger partial charge in [-0.25, -0.2) is 0 Å². The number of nitrogens with one attached hydrogen (secondary N) is 2. The first kappa shape index (κ1) is 10.5. The molecular weight excluding hydrogens is 190 g/mol. The summed E-state index contributed by atoms with van der Waals surface area (Å²) in [4.78, 5) is 0. The molecule has 1 saturated carbocycles. The zero-order valence-electron chi connectivity index (χ0n) is 9.40. The molecule has 0 aromatic carbocycles. The normalized spacial score (nSPS) is 31.7. The predicted octanol–water partition coefficient (Wildman–Crippen LogP) is 1.11. The van der Waals surface area contributed by atoms with Crippen molar-refractivity contribution < 1.29 is 0 Å². The number of rotatable bonds is 3. The Morgan fingerprint density at radius 3 is 3.00 bits per heavy atom. The Bertz CT molecular complexity index is 284. The Morgan fingerprint density at radius 2 is 2.27 bits per heavy atom. The Kier molecular flexibility index (Phi) is 3.30. The van der Waals surface area contributed by atoms with Crippen LogP contribution in [0.15, 0.2) is 0 Å². The Labute approximate surface area is 90.0 Å². The molecule has 1 aliphatic carbocycles. The molecule has 2 rings (SSSR count). The molecule has 5 nitrogen and oxygen atoms in total. The highest BCUT2D eigenvalue weighted by Gasteiger charge is 2.26. The monoisotopic (exact) mass is 209 g/mol. The maximum Gasteiger partial charge on any atom is 0.188 e. The lowest BCUT2D eigenvalue weighted by Gasteiger charge is -2.34. The molecule has 0 amide bonds. The average molecular weight is 209 g/mol. The molecule has 1 heterocycles. The Hall–Kier alpha value is -0.970. The van der Waals surface area contributed by atoms with Crippen LogP contribution in [-0.4, -0.2) is 26.7 Å². The summed E-state index contributed by atoms with van der Waals surface area (Å²) < 4.78 is 0. The fourth-order valence-corrected chi connectivity index (χ4v) is 2.35. The van der Waals surface area contributed by atoms with Crippen molar-refractivity contribution in [3.8, 4) is 0 Å². The number of hydrogen-bond donors (Lipinski definition) is 2. The number of H-pyrrole nitrogens is 1. The lowest BCUT2D eigenvalue weighted by atomic mass is 9.78. The van der Waals surface area contributed by atoms with Crippen LogP contribution in [0.3, 0.4) is 0 Å². The lowest BCUT2D eigenvalue weighted by molar-refractivity contribution is 0.205. The van der Waals surface area contributed by atoms with E-state index in [1.54, 1.807) is 0 Å². The molecule has 84 valence electrons. The van der Waals surface area contributed by atoms with Crippen molar-refractivity contribution in [1.29, 1.82) is 0 Å². The van der Waals surface area contributed by atoms with Gasteiger partial charge in [0, 0.05) is 6.04 Å². The van der Waals surface area contributed by atoms with Crippen LogP contribution >= 0.6 is 0 Å². The summed E-state index contributed by atoms with van der Waals surface area (Å²) in [5, 5.41) is 17.4. The standard InChI is InChI=1S/C10H19N5/c1-7-4-3-5-9(8(7)2)11-6-10-12-14-15-13-10/h7-9,11H,3-6H2,1-2H3,(H,12,13,14,15). The number of nitrogens with zero attached hydrogens (tertiary/aromatic N) is 3.